The van der Waals surface area contributed by atoms with Crippen LogP contribution < -0.4 is 9.03 Å². The second kappa shape index (κ2) is 6.88. The third-order valence-corrected chi connectivity index (χ3v) is 4.23. The summed E-state index contributed by atoms with van der Waals surface area (Å²) in [6.07, 6.45) is 4.66. The van der Waals surface area contributed by atoms with Crippen molar-refractivity contribution in [2.45, 2.75) is 39.5 Å². The minimum absolute atomic E-state index is 0.0308. The number of hydrogen-bond acceptors (Lipinski definition) is 4. The Balaban J connectivity index is 1.96. The van der Waals surface area contributed by atoms with Crippen molar-refractivity contribution in [3.63, 3.8) is 0 Å². The van der Waals surface area contributed by atoms with Gasteiger partial charge in [0.1, 0.15) is 12.3 Å². The number of amides is 1. The van der Waals surface area contributed by atoms with Crippen LogP contribution in [0.1, 0.15) is 38.7 Å². The predicted molar refractivity (Wildman–Crippen MR) is 83.6 cm³/mol. The average Bonchev–Trinajstić information content (AvgIpc) is 2.82. The van der Waals surface area contributed by atoms with Gasteiger partial charge in [-0.1, -0.05) is 32.8 Å². The van der Waals surface area contributed by atoms with Crippen molar-refractivity contribution >= 4 is 23.7 Å². The zero-order chi connectivity index (χ0) is 14.5. The smallest absolute Gasteiger partial charge is 0.251 e. The third-order valence-electron chi connectivity index (χ3n) is 3.36. The van der Waals surface area contributed by atoms with Crippen LogP contribution >= 0.6 is 12.1 Å². The summed E-state index contributed by atoms with van der Waals surface area (Å²) in [6.45, 7) is 4.77. The average molecular weight is 294 g/mol. The predicted octanol–water partition coefficient (Wildman–Crippen LogP) is 3.26. The Labute approximate surface area is 124 Å². The largest absolute Gasteiger partial charge is 0.506 e. The van der Waals surface area contributed by atoms with E-state index in [0.717, 1.165) is 24.4 Å². The summed E-state index contributed by atoms with van der Waals surface area (Å²) in [5.41, 5.74) is 1.93. The number of nitrogens with one attached hydrogen (secondary N) is 1. The van der Waals surface area contributed by atoms with Gasteiger partial charge in [0.15, 0.2) is 0 Å². The van der Waals surface area contributed by atoms with E-state index in [2.05, 4.69) is 18.6 Å². The molecule has 0 spiro atoms. The topological polar surface area (TPSA) is 52.6 Å². The zero-order valence-corrected chi connectivity index (χ0v) is 12.9. The molecule has 1 amide bonds. The lowest BCUT2D eigenvalue weighted by Gasteiger charge is -2.16. The summed E-state index contributed by atoms with van der Waals surface area (Å²) in [7, 11) is 0. The van der Waals surface area contributed by atoms with Crippen LogP contribution in [0.4, 0.5) is 5.69 Å². The van der Waals surface area contributed by atoms with E-state index in [9.17, 15) is 9.90 Å². The number of unbranched alkanes of at least 4 members (excludes halogenated alkanes) is 1. The number of aromatic hydroxyl groups is 1. The molecule has 0 aromatic heterocycles. The molecule has 2 N–H and O–H groups in total. The van der Waals surface area contributed by atoms with Crippen molar-refractivity contribution in [3.8, 4) is 5.75 Å². The van der Waals surface area contributed by atoms with E-state index >= 15 is 0 Å². The van der Waals surface area contributed by atoms with E-state index < -0.39 is 0 Å². The van der Waals surface area contributed by atoms with E-state index in [1.165, 1.54) is 30.5 Å². The number of rotatable bonds is 6. The van der Waals surface area contributed by atoms with Crippen LogP contribution in [0, 0.1) is 5.92 Å². The minimum atomic E-state index is -0.0308. The van der Waals surface area contributed by atoms with Gasteiger partial charge in [0.05, 0.1) is 17.8 Å². The second-order valence-corrected chi connectivity index (χ2v) is 6.44. The molecule has 1 fully saturated rings. The molecule has 4 nitrogen and oxygen atoms in total. The van der Waals surface area contributed by atoms with E-state index in [1.807, 2.05) is 12.1 Å². The maximum absolute atomic E-state index is 11.2. The Bertz CT molecular complexity index is 477. The third kappa shape index (κ3) is 4.07. The first kappa shape index (κ1) is 15.0. The maximum atomic E-state index is 11.2. The van der Waals surface area contributed by atoms with Crippen LogP contribution in [0.2, 0.25) is 0 Å². The van der Waals surface area contributed by atoms with Gasteiger partial charge in [-0.05, 0) is 36.5 Å². The summed E-state index contributed by atoms with van der Waals surface area (Å²) in [5.74, 6) is 0.945. The quantitative estimate of drug-likeness (QED) is 0.624. The standard InChI is InChI=1S/C15H22N2O2S/c1-11(2)5-3-4-6-12-7-8-14(18)13(9-12)17-10-15(19)16-20-17/h7-9,11,18H,3-6,10H2,1-2H3,(H,16,19). The lowest BCUT2D eigenvalue weighted by Crippen LogP contribution is -2.15. The van der Waals surface area contributed by atoms with Gasteiger partial charge >= 0.3 is 0 Å². The molecule has 1 aromatic rings. The molecule has 1 aromatic carbocycles. The fourth-order valence-corrected chi connectivity index (χ4v) is 2.94. The van der Waals surface area contributed by atoms with Crippen molar-refractivity contribution in [2.24, 2.45) is 5.92 Å². The normalized spacial score (nSPS) is 14.9. The lowest BCUT2D eigenvalue weighted by atomic mass is 10.0. The SMILES string of the molecule is CC(C)CCCCc1ccc(O)c(N2CC(=O)NS2)c1. The van der Waals surface area contributed by atoms with Gasteiger partial charge in [-0.3, -0.25) is 13.8 Å². The van der Waals surface area contributed by atoms with E-state index in [-0.39, 0.29) is 18.2 Å². The van der Waals surface area contributed by atoms with Crippen molar-refractivity contribution < 1.29 is 9.90 Å². The minimum Gasteiger partial charge on any atom is -0.506 e. The monoisotopic (exact) mass is 294 g/mol. The number of carbonyl (C=O) groups excluding carboxylic acids is 1. The number of phenols is 1. The molecular weight excluding hydrogens is 272 g/mol. The van der Waals surface area contributed by atoms with Crippen molar-refractivity contribution in [3.05, 3.63) is 23.8 Å². The summed E-state index contributed by atoms with van der Waals surface area (Å²) in [6, 6.07) is 5.67. The first-order valence-corrected chi connectivity index (χ1v) is 7.89. The second-order valence-electron chi connectivity index (χ2n) is 5.62. The van der Waals surface area contributed by atoms with Crippen LogP contribution in [0.15, 0.2) is 18.2 Å². The van der Waals surface area contributed by atoms with Crippen LogP contribution in [0.5, 0.6) is 5.75 Å². The molecule has 0 bridgehead atoms. The summed E-state index contributed by atoms with van der Waals surface area (Å²) >= 11 is 1.23. The number of anilines is 1. The Hall–Kier alpha value is -1.36. The van der Waals surface area contributed by atoms with Crippen LogP contribution in [-0.4, -0.2) is 17.6 Å². The van der Waals surface area contributed by atoms with Gasteiger partial charge in [0, 0.05) is 0 Å². The Morgan fingerprint density at radius 2 is 2.20 bits per heavy atom. The Kier molecular flexibility index (Phi) is 5.17. The molecule has 0 atom stereocenters. The molecule has 0 aliphatic carbocycles. The van der Waals surface area contributed by atoms with E-state index in [1.54, 1.807) is 10.4 Å². The van der Waals surface area contributed by atoms with Gasteiger partial charge in [-0.15, -0.1) is 0 Å². The number of benzene rings is 1. The van der Waals surface area contributed by atoms with Crippen LogP contribution in [-0.2, 0) is 11.2 Å². The number of nitrogens with zero attached hydrogens (tertiary/aromatic N) is 1. The highest BCUT2D eigenvalue weighted by Crippen LogP contribution is 2.33. The molecule has 1 saturated heterocycles. The van der Waals surface area contributed by atoms with Crippen molar-refractivity contribution in [1.29, 1.82) is 0 Å². The highest BCUT2D eigenvalue weighted by molar-refractivity contribution is 7.99. The Morgan fingerprint density at radius 3 is 2.85 bits per heavy atom. The van der Waals surface area contributed by atoms with E-state index in [0.29, 0.717) is 0 Å². The molecule has 1 heterocycles. The number of phenolic OH excluding ortho intramolecular Hbond substituents is 1. The molecule has 110 valence electrons. The molecule has 2 rings (SSSR count). The maximum Gasteiger partial charge on any atom is 0.251 e. The molecule has 5 heteroatoms. The van der Waals surface area contributed by atoms with Crippen molar-refractivity contribution in [1.82, 2.24) is 4.72 Å². The van der Waals surface area contributed by atoms with Gasteiger partial charge < -0.3 is 5.11 Å². The number of carbonyl (C=O) groups is 1. The first-order valence-electron chi connectivity index (χ1n) is 7.11. The van der Waals surface area contributed by atoms with Gasteiger partial charge in [0.2, 0.25) is 0 Å². The molecule has 0 saturated carbocycles. The highest BCUT2D eigenvalue weighted by Gasteiger charge is 2.22. The fourth-order valence-electron chi connectivity index (χ4n) is 2.24. The van der Waals surface area contributed by atoms with Gasteiger partial charge in [0.25, 0.3) is 5.91 Å². The van der Waals surface area contributed by atoms with Gasteiger partial charge in [-0.2, -0.15) is 0 Å². The molecule has 1 aliphatic heterocycles. The lowest BCUT2D eigenvalue weighted by molar-refractivity contribution is -0.117. The number of hydrogen-bond donors (Lipinski definition) is 2. The number of aryl methyl sites for hydroxylation is 1. The highest BCUT2D eigenvalue weighted by atomic mass is 32.2. The Morgan fingerprint density at radius 1 is 1.40 bits per heavy atom. The van der Waals surface area contributed by atoms with Gasteiger partial charge in [-0.25, -0.2) is 0 Å². The molecule has 20 heavy (non-hydrogen) atoms. The summed E-state index contributed by atoms with van der Waals surface area (Å²) in [5, 5.41) is 9.93. The fraction of sp³-hybridized carbons (Fsp3) is 0.533. The van der Waals surface area contributed by atoms with E-state index in [4.69, 9.17) is 0 Å². The van der Waals surface area contributed by atoms with Crippen LogP contribution in [0.3, 0.4) is 0 Å². The first-order chi connectivity index (χ1) is 9.56. The van der Waals surface area contributed by atoms with Crippen molar-refractivity contribution in [2.75, 3.05) is 10.8 Å². The molecule has 1 aliphatic rings. The molecule has 0 radical (unpaired) electrons. The van der Waals surface area contributed by atoms with Crippen LogP contribution in [0.25, 0.3) is 0 Å². The molecule has 0 unspecified atom stereocenters. The summed E-state index contributed by atoms with van der Waals surface area (Å²) < 4.78 is 4.46. The summed E-state index contributed by atoms with van der Waals surface area (Å²) in [4.78, 5) is 11.2. The zero-order valence-electron chi connectivity index (χ0n) is 12.1. The molecular formula is C15H22N2O2S.